The number of hydrogen-bond acceptors (Lipinski definition) is 5. The summed E-state index contributed by atoms with van der Waals surface area (Å²) in [4.78, 5) is 40.9. The number of amides is 3. The van der Waals surface area contributed by atoms with E-state index in [-0.39, 0.29) is 36.0 Å². The van der Waals surface area contributed by atoms with Gasteiger partial charge < -0.3 is 26.0 Å². The Morgan fingerprint density at radius 3 is 2.10 bits per heavy atom. The summed E-state index contributed by atoms with van der Waals surface area (Å²) in [6.07, 6.45) is 36.2. The van der Waals surface area contributed by atoms with Crippen LogP contribution in [0.5, 0.6) is 0 Å². The second-order valence-electron chi connectivity index (χ2n) is 21.8. The van der Waals surface area contributed by atoms with E-state index in [1.54, 1.807) is 10.5 Å². The number of ether oxygens (including phenoxy) is 1. The summed E-state index contributed by atoms with van der Waals surface area (Å²) in [5.41, 5.74) is 7.90. The fraction of sp³-hybridized carbons (Fsp3) is 0.907. The number of alkyl carbamates (subject to hydrolysis) is 1. The maximum Gasteiger partial charge on any atom is 0.407 e. The lowest BCUT2D eigenvalue weighted by atomic mass is 9.47. The minimum absolute atomic E-state index is 0.0574. The van der Waals surface area contributed by atoms with Gasteiger partial charge in [0.2, 0.25) is 11.8 Å². The second-order valence-corrected chi connectivity index (χ2v) is 21.8. The molecule has 0 unspecified atom stereocenters. The average Bonchev–Trinajstić information content (AvgIpc) is 3.60. The van der Waals surface area contributed by atoms with Crippen LogP contribution >= 0.6 is 0 Å². The predicted molar refractivity (Wildman–Crippen MR) is 259 cm³/mol. The lowest BCUT2D eigenvalue weighted by molar-refractivity contribution is -0.136. The van der Waals surface area contributed by atoms with Crippen LogP contribution in [0, 0.1) is 46.3 Å². The highest BCUT2D eigenvalue weighted by atomic mass is 16.6. The van der Waals surface area contributed by atoms with Crippen LogP contribution in [-0.2, 0) is 14.3 Å². The molecule has 8 atom stereocenters. The summed E-state index contributed by atoms with van der Waals surface area (Å²) in [6.45, 7) is 17.1. The Bertz CT molecular complexity index is 1340. The lowest BCUT2D eigenvalue weighted by Crippen LogP contribution is -2.51. The second kappa shape index (κ2) is 28.1. The number of fused-ring (bicyclic) bond motifs is 5. The van der Waals surface area contributed by atoms with Crippen LogP contribution in [0.15, 0.2) is 11.6 Å². The van der Waals surface area contributed by atoms with E-state index in [0.717, 1.165) is 93.3 Å². The maximum absolute atomic E-state index is 13.3. The van der Waals surface area contributed by atoms with E-state index in [0.29, 0.717) is 38.0 Å². The van der Waals surface area contributed by atoms with Gasteiger partial charge >= 0.3 is 6.09 Å². The fourth-order valence-electron chi connectivity index (χ4n) is 13.0. The number of allylic oxidation sites excluding steroid dienone is 1. The highest BCUT2D eigenvalue weighted by Gasteiger charge is 2.59. The van der Waals surface area contributed by atoms with Crippen molar-refractivity contribution in [3.8, 4) is 0 Å². The number of nitrogens with two attached hydrogens (primary N) is 1. The van der Waals surface area contributed by atoms with Gasteiger partial charge in [-0.25, -0.2) is 4.79 Å². The van der Waals surface area contributed by atoms with Gasteiger partial charge in [-0.05, 0) is 130 Å². The van der Waals surface area contributed by atoms with E-state index in [4.69, 9.17) is 10.5 Å². The Morgan fingerprint density at radius 1 is 0.758 bits per heavy atom. The molecule has 0 aromatic heterocycles. The third-order valence-electron chi connectivity index (χ3n) is 16.8. The number of hydrogen-bond donors (Lipinski definition) is 3. The largest absolute Gasteiger partial charge is 0.446 e. The van der Waals surface area contributed by atoms with E-state index in [2.05, 4.69) is 58.3 Å². The van der Waals surface area contributed by atoms with Gasteiger partial charge in [0.1, 0.15) is 6.10 Å². The van der Waals surface area contributed by atoms with Crippen LogP contribution < -0.4 is 16.4 Å². The summed E-state index contributed by atoms with van der Waals surface area (Å²) in [5.74, 6) is 4.88. The molecule has 3 amide bonds. The molecule has 0 saturated heterocycles. The van der Waals surface area contributed by atoms with Crippen LogP contribution in [0.2, 0.25) is 0 Å². The van der Waals surface area contributed by atoms with Crippen molar-refractivity contribution in [2.24, 2.45) is 52.1 Å². The van der Waals surface area contributed by atoms with Crippen LogP contribution in [0.1, 0.15) is 228 Å². The van der Waals surface area contributed by atoms with Crippen molar-refractivity contribution >= 4 is 17.9 Å². The molecule has 0 bridgehead atoms. The van der Waals surface area contributed by atoms with Crippen LogP contribution in [0.25, 0.3) is 0 Å². The van der Waals surface area contributed by atoms with Gasteiger partial charge in [0, 0.05) is 32.5 Å². The molecule has 358 valence electrons. The van der Waals surface area contributed by atoms with E-state index in [1.165, 1.54) is 122 Å². The monoisotopic (exact) mass is 867 g/mol. The molecule has 3 fully saturated rings. The summed E-state index contributed by atoms with van der Waals surface area (Å²) >= 11 is 0. The first-order valence-electron chi connectivity index (χ1n) is 26.8. The highest BCUT2D eigenvalue weighted by Crippen LogP contribution is 2.67. The van der Waals surface area contributed by atoms with Gasteiger partial charge in [-0.2, -0.15) is 0 Å². The SMILES string of the molecule is CCCCCCCCCCCCCCCC(=O)N(CCCCNC(=O)O[C@H]1CC[C@@]2(C)C(=CC[C@H]3[C@@H]4CC[C@H]([C@H](C)CCCC(C)C)[C@@]4(C)CC[C@@H]32)C1)CC(=O)NCCCCN. The zero-order chi connectivity index (χ0) is 44.8. The van der Waals surface area contributed by atoms with Crippen molar-refractivity contribution in [1.82, 2.24) is 15.5 Å². The standard InChI is InChI=1S/C54H98N4O4/c1-7-8-9-10-11-12-13-14-15-16-17-18-19-27-51(60)58(41-50(59)56-37-21-20-36-55)39-23-22-38-57-52(61)62-45-32-34-53(5)44(40-45)28-29-46-48-31-30-47(43(4)26-24-25-42(2)3)54(48,6)35-33-49(46)53/h28,42-43,45-49H,7-27,29-41,55H2,1-6H3,(H,56,59)(H,57,61)/t43-,45+,46+,47-,48+,49+,53+,54-/m1/s1. The highest BCUT2D eigenvalue weighted by molar-refractivity contribution is 5.84. The molecule has 4 aliphatic rings. The smallest absolute Gasteiger partial charge is 0.407 e. The molecule has 0 aromatic rings. The molecule has 62 heavy (non-hydrogen) atoms. The number of nitrogens with one attached hydrogen (secondary N) is 2. The van der Waals surface area contributed by atoms with Crippen molar-refractivity contribution in [2.75, 3.05) is 32.7 Å². The molecule has 0 aliphatic heterocycles. The number of carbonyl (C=O) groups excluding carboxylic acids is 3. The molecule has 0 spiro atoms. The van der Waals surface area contributed by atoms with Gasteiger partial charge in [0.15, 0.2) is 0 Å². The van der Waals surface area contributed by atoms with E-state index < -0.39 is 0 Å². The normalized spacial score (nSPS) is 27.2. The quantitative estimate of drug-likeness (QED) is 0.0474. The first kappa shape index (κ1) is 52.5. The minimum Gasteiger partial charge on any atom is -0.446 e. The molecular formula is C54H98N4O4. The number of unbranched alkanes of at least 4 members (excludes halogenated alkanes) is 14. The van der Waals surface area contributed by atoms with Crippen LogP contribution in [0.3, 0.4) is 0 Å². The van der Waals surface area contributed by atoms with Gasteiger partial charge in [0.05, 0.1) is 6.54 Å². The lowest BCUT2D eigenvalue weighted by Gasteiger charge is -2.58. The van der Waals surface area contributed by atoms with Gasteiger partial charge in [-0.3, -0.25) is 9.59 Å². The minimum atomic E-state index is -0.326. The molecule has 4 rings (SSSR count). The van der Waals surface area contributed by atoms with Gasteiger partial charge in [0.25, 0.3) is 0 Å². The molecule has 3 saturated carbocycles. The molecular weight excluding hydrogens is 769 g/mol. The number of nitrogens with zero attached hydrogens (tertiary/aromatic N) is 1. The summed E-state index contributed by atoms with van der Waals surface area (Å²) in [5, 5.41) is 5.97. The maximum atomic E-state index is 13.3. The Labute approximate surface area is 381 Å². The summed E-state index contributed by atoms with van der Waals surface area (Å²) in [7, 11) is 0. The zero-order valence-corrected chi connectivity index (χ0v) is 41.3. The molecule has 4 N–H and O–H groups in total. The first-order valence-corrected chi connectivity index (χ1v) is 26.8. The number of rotatable bonds is 31. The summed E-state index contributed by atoms with van der Waals surface area (Å²) in [6, 6.07) is 0. The Kier molecular flexibility index (Phi) is 23.8. The van der Waals surface area contributed by atoms with Crippen molar-refractivity contribution in [3.05, 3.63) is 11.6 Å². The Balaban J connectivity index is 1.15. The molecule has 0 aromatic carbocycles. The topological polar surface area (TPSA) is 114 Å². The van der Waals surface area contributed by atoms with E-state index >= 15 is 0 Å². The number of carbonyl (C=O) groups is 3. The molecule has 8 heteroatoms. The van der Waals surface area contributed by atoms with Crippen molar-refractivity contribution in [2.45, 2.75) is 234 Å². The van der Waals surface area contributed by atoms with Crippen molar-refractivity contribution in [3.63, 3.8) is 0 Å². The van der Waals surface area contributed by atoms with Crippen LogP contribution in [0.4, 0.5) is 4.79 Å². The Morgan fingerprint density at radius 2 is 1.42 bits per heavy atom. The average molecular weight is 867 g/mol. The zero-order valence-electron chi connectivity index (χ0n) is 41.3. The van der Waals surface area contributed by atoms with E-state index in [9.17, 15) is 14.4 Å². The third kappa shape index (κ3) is 16.4. The predicted octanol–water partition coefficient (Wildman–Crippen LogP) is 13.1. The van der Waals surface area contributed by atoms with Gasteiger partial charge in [-0.1, -0.05) is 150 Å². The fourth-order valence-corrected chi connectivity index (χ4v) is 13.0. The Hall–Kier alpha value is -2.09. The molecule has 8 nitrogen and oxygen atoms in total. The van der Waals surface area contributed by atoms with Crippen molar-refractivity contribution < 1.29 is 19.1 Å². The van der Waals surface area contributed by atoms with E-state index in [1.807, 2.05) is 0 Å². The molecule has 0 heterocycles. The van der Waals surface area contributed by atoms with Crippen LogP contribution in [-0.4, -0.2) is 61.6 Å². The molecule has 4 aliphatic carbocycles. The summed E-state index contributed by atoms with van der Waals surface area (Å²) < 4.78 is 6.06. The van der Waals surface area contributed by atoms with Crippen molar-refractivity contribution in [1.29, 1.82) is 0 Å². The molecule has 0 radical (unpaired) electrons. The third-order valence-corrected chi connectivity index (χ3v) is 16.8. The van der Waals surface area contributed by atoms with Gasteiger partial charge in [-0.15, -0.1) is 0 Å². The first-order chi connectivity index (χ1) is 29.9.